The average Bonchev–Trinajstić information content (AvgIpc) is 3.39. The van der Waals surface area contributed by atoms with E-state index in [1.807, 2.05) is 36.4 Å². The summed E-state index contributed by atoms with van der Waals surface area (Å²) < 4.78 is 0.960. The maximum Gasteiger partial charge on any atom is 0.251 e. The summed E-state index contributed by atoms with van der Waals surface area (Å²) in [5, 5.41) is 5.73. The lowest BCUT2D eigenvalue weighted by atomic mass is 10.1. The Balaban J connectivity index is 1.56. The van der Waals surface area contributed by atoms with Gasteiger partial charge < -0.3 is 10.6 Å². The molecule has 2 aromatic rings. The minimum absolute atomic E-state index is 0.0407. The molecule has 2 N–H and O–H groups in total. The lowest BCUT2D eigenvalue weighted by Crippen LogP contribution is -2.25. The number of amides is 2. The van der Waals surface area contributed by atoms with Crippen molar-refractivity contribution in [1.82, 2.24) is 5.32 Å². The zero-order chi connectivity index (χ0) is 16.9. The molecule has 0 aliphatic heterocycles. The molecule has 1 aliphatic carbocycles. The molecule has 24 heavy (non-hydrogen) atoms. The van der Waals surface area contributed by atoms with Crippen LogP contribution in [0, 0.1) is 0 Å². The maximum atomic E-state index is 11.9. The Labute approximate surface area is 149 Å². The maximum absolute atomic E-state index is 11.9. The van der Waals surface area contributed by atoms with E-state index in [2.05, 4.69) is 26.6 Å². The molecule has 1 fully saturated rings. The third-order valence-corrected chi connectivity index (χ3v) is 4.15. The topological polar surface area (TPSA) is 58.2 Å². The molecule has 5 heteroatoms. The van der Waals surface area contributed by atoms with E-state index in [0.717, 1.165) is 28.6 Å². The molecular formula is C19H17BrN2O2. The zero-order valence-corrected chi connectivity index (χ0v) is 14.5. The highest BCUT2D eigenvalue weighted by molar-refractivity contribution is 9.10. The third kappa shape index (κ3) is 4.80. The summed E-state index contributed by atoms with van der Waals surface area (Å²) in [6, 6.07) is 14.9. The first kappa shape index (κ1) is 16.5. The van der Waals surface area contributed by atoms with Gasteiger partial charge in [0.2, 0.25) is 5.91 Å². The van der Waals surface area contributed by atoms with E-state index in [9.17, 15) is 9.59 Å². The highest BCUT2D eigenvalue weighted by Crippen LogP contribution is 2.19. The van der Waals surface area contributed by atoms with Crippen LogP contribution in [0.25, 0.3) is 6.08 Å². The van der Waals surface area contributed by atoms with Crippen molar-refractivity contribution >= 4 is 39.5 Å². The van der Waals surface area contributed by atoms with E-state index in [1.165, 1.54) is 6.08 Å². The van der Waals surface area contributed by atoms with Crippen LogP contribution in [0.3, 0.4) is 0 Å². The van der Waals surface area contributed by atoms with Gasteiger partial charge in [0, 0.05) is 27.8 Å². The van der Waals surface area contributed by atoms with Gasteiger partial charge in [-0.1, -0.05) is 28.1 Å². The molecule has 2 amide bonds. The number of anilines is 1. The molecule has 3 rings (SSSR count). The van der Waals surface area contributed by atoms with Crippen molar-refractivity contribution in [2.75, 3.05) is 5.32 Å². The molecular weight excluding hydrogens is 368 g/mol. The number of rotatable bonds is 5. The van der Waals surface area contributed by atoms with Gasteiger partial charge in [-0.3, -0.25) is 9.59 Å². The summed E-state index contributed by atoms with van der Waals surface area (Å²) in [7, 11) is 0. The summed E-state index contributed by atoms with van der Waals surface area (Å²) in [6.45, 7) is 0. The first-order chi connectivity index (χ1) is 11.6. The number of carbonyl (C=O) groups excluding carboxylic acids is 2. The third-order valence-electron chi connectivity index (χ3n) is 3.62. The summed E-state index contributed by atoms with van der Waals surface area (Å²) in [5.41, 5.74) is 2.24. The van der Waals surface area contributed by atoms with Crippen molar-refractivity contribution in [3.63, 3.8) is 0 Å². The molecule has 0 saturated heterocycles. The van der Waals surface area contributed by atoms with Crippen LogP contribution in [0.2, 0.25) is 0 Å². The predicted molar refractivity (Wildman–Crippen MR) is 98.7 cm³/mol. The van der Waals surface area contributed by atoms with Crippen molar-refractivity contribution in [1.29, 1.82) is 0 Å². The molecule has 2 aromatic carbocycles. The first-order valence-electron chi connectivity index (χ1n) is 7.76. The number of benzene rings is 2. The lowest BCUT2D eigenvalue weighted by Gasteiger charge is -2.03. The summed E-state index contributed by atoms with van der Waals surface area (Å²) >= 11 is 3.35. The number of hydrogen-bond acceptors (Lipinski definition) is 2. The molecule has 4 nitrogen and oxygen atoms in total. The Kier molecular flexibility index (Phi) is 5.11. The van der Waals surface area contributed by atoms with Gasteiger partial charge in [0.15, 0.2) is 0 Å². The molecule has 0 heterocycles. The van der Waals surface area contributed by atoms with Gasteiger partial charge in [0.25, 0.3) is 5.91 Å². The van der Waals surface area contributed by atoms with Crippen molar-refractivity contribution in [2.24, 2.45) is 0 Å². The number of nitrogens with one attached hydrogen (secondary N) is 2. The van der Waals surface area contributed by atoms with Crippen LogP contribution in [-0.4, -0.2) is 17.9 Å². The molecule has 0 aromatic heterocycles. The van der Waals surface area contributed by atoms with Gasteiger partial charge in [-0.05, 0) is 60.9 Å². The average molecular weight is 385 g/mol. The van der Waals surface area contributed by atoms with Crippen molar-refractivity contribution < 1.29 is 9.59 Å². The Morgan fingerprint density at radius 2 is 1.67 bits per heavy atom. The molecule has 0 radical (unpaired) electrons. The fourth-order valence-electron chi connectivity index (χ4n) is 2.13. The van der Waals surface area contributed by atoms with Gasteiger partial charge in [-0.15, -0.1) is 0 Å². The van der Waals surface area contributed by atoms with E-state index >= 15 is 0 Å². The normalized spacial score (nSPS) is 13.7. The fraction of sp³-hybridized carbons (Fsp3) is 0.158. The second-order valence-electron chi connectivity index (χ2n) is 5.70. The van der Waals surface area contributed by atoms with Gasteiger partial charge in [0.1, 0.15) is 0 Å². The quantitative estimate of drug-likeness (QED) is 0.765. The second kappa shape index (κ2) is 7.45. The molecule has 122 valence electrons. The van der Waals surface area contributed by atoms with Gasteiger partial charge in [-0.25, -0.2) is 0 Å². The van der Waals surface area contributed by atoms with Crippen LogP contribution in [0.15, 0.2) is 59.1 Å². The lowest BCUT2D eigenvalue weighted by molar-refractivity contribution is -0.111. The fourth-order valence-corrected chi connectivity index (χ4v) is 2.40. The molecule has 0 bridgehead atoms. The summed E-state index contributed by atoms with van der Waals surface area (Å²) in [5.74, 6) is -0.242. The van der Waals surface area contributed by atoms with Crippen LogP contribution < -0.4 is 10.6 Å². The van der Waals surface area contributed by atoms with Crippen LogP contribution in [-0.2, 0) is 4.79 Å². The molecule has 0 spiro atoms. The number of halogens is 1. The van der Waals surface area contributed by atoms with Crippen LogP contribution in [0.4, 0.5) is 5.69 Å². The second-order valence-corrected chi connectivity index (χ2v) is 6.61. The van der Waals surface area contributed by atoms with E-state index in [-0.39, 0.29) is 11.8 Å². The van der Waals surface area contributed by atoms with Gasteiger partial charge in [-0.2, -0.15) is 0 Å². The minimum Gasteiger partial charge on any atom is -0.349 e. The number of carbonyl (C=O) groups is 2. The van der Waals surface area contributed by atoms with E-state index in [0.29, 0.717) is 11.6 Å². The molecule has 1 saturated carbocycles. The summed E-state index contributed by atoms with van der Waals surface area (Å²) in [4.78, 5) is 23.8. The van der Waals surface area contributed by atoms with E-state index in [1.54, 1.807) is 18.2 Å². The minimum atomic E-state index is -0.201. The van der Waals surface area contributed by atoms with Crippen molar-refractivity contribution in [2.45, 2.75) is 18.9 Å². The highest BCUT2D eigenvalue weighted by atomic mass is 79.9. The van der Waals surface area contributed by atoms with Crippen LogP contribution in [0.5, 0.6) is 0 Å². The summed E-state index contributed by atoms with van der Waals surface area (Å²) in [6.07, 6.45) is 5.33. The van der Waals surface area contributed by atoms with Crippen LogP contribution >= 0.6 is 15.9 Å². The SMILES string of the molecule is O=C(/C=C/c1ccc(C(=O)NC2CC2)cc1)Nc1ccc(Br)cc1. The zero-order valence-electron chi connectivity index (χ0n) is 13.0. The first-order valence-corrected chi connectivity index (χ1v) is 8.55. The van der Waals surface area contributed by atoms with E-state index < -0.39 is 0 Å². The van der Waals surface area contributed by atoms with E-state index in [4.69, 9.17) is 0 Å². The monoisotopic (exact) mass is 384 g/mol. The standard InChI is InChI=1S/C19H17BrN2O2/c20-15-6-8-16(9-7-15)21-18(23)12-3-13-1-4-14(5-2-13)19(24)22-17-10-11-17/h1-9,12,17H,10-11H2,(H,21,23)(H,22,24)/b12-3+. The Hall–Kier alpha value is -2.40. The Bertz CT molecular complexity index is 763. The Morgan fingerprint density at radius 1 is 1.00 bits per heavy atom. The van der Waals surface area contributed by atoms with Crippen LogP contribution in [0.1, 0.15) is 28.8 Å². The smallest absolute Gasteiger partial charge is 0.251 e. The highest BCUT2D eigenvalue weighted by Gasteiger charge is 2.23. The number of hydrogen-bond donors (Lipinski definition) is 2. The Morgan fingerprint density at radius 3 is 2.29 bits per heavy atom. The predicted octanol–water partition coefficient (Wildman–Crippen LogP) is 3.99. The molecule has 1 aliphatic rings. The van der Waals surface area contributed by atoms with Gasteiger partial charge in [0.05, 0.1) is 0 Å². The largest absolute Gasteiger partial charge is 0.349 e. The van der Waals surface area contributed by atoms with Gasteiger partial charge >= 0.3 is 0 Å². The van der Waals surface area contributed by atoms with Crippen molar-refractivity contribution in [3.8, 4) is 0 Å². The molecule has 0 atom stereocenters. The molecule has 0 unspecified atom stereocenters. The van der Waals surface area contributed by atoms with Crippen molar-refractivity contribution in [3.05, 3.63) is 70.2 Å².